The first kappa shape index (κ1) is 15.6. The first-order valence-corrected chi connectivity index (χ1v) is 8.09. The molecule has 0 fully saturated rings. The van der Waals surface area contributed by atoms with Crippen LogP contribution in [0.1, 0.15) is 24.0 Å². The van der Waals surface area contributed by atoms with Crippen molar-refractivity contribution in [3.63, 3.8) is 0 Å². The standard InChI is InChI=1S/C18H20O2S/c1-20-18(19)9-5-8-15-10-12-17(13-11-15)21-14-16-6-3-2-4-7-16/h2-4,6-7,10-13H,5,8-9,14H2,1H3. The second kappa shape index (κ2) is 8.53. The molecular formula is C18H20O2S. The summed E-state index contributed by atoms with van der Waals surface area (Å²) in [4.78, 5) is 12.3. The van der Waals surface area contributed by atoms with Gasteiger partial charge in [0.25, 0.3) is 0 Å². The van der Waals surface area contributed by atoms with Crippen molar-refractivity contribution in [3.8, 4) is 0 Å². The minimum absolute atomic E-state index is 0.134. The Hall–Kier alpha value is -1.74. The second-order valence-corrected chi connectivity index (χ2v) is 5.90. The molecule has 0 N–H and O–H groups in total. The maximum Gasteiger partial charge on any atom is 0.305 e. The molecule has 2 nitrogen and oxygen atoms in total. The molecule has 0 amide bonds. The van der Waals surface area contributed by atoms with Gasteiger partial charge in [0.2, 0.25) is 0 Å². The Kier molecular flexibility index (Phi) is 6.35. The molecule has 0 aromatic heterocycles. The lowest BCUT2D eigenvalue weighted by molar-refractivity contribution is -0.140. The fraction of sp³-hybridized carbons (Fsp3) is 0.278. The van der Waals surface area contributed by atoms with Gasteiger partial charge in [-0.25, -0.2) is 0 Å². The number of carbonyl (C=O) groups excluding carboxylic acids is 1. The Labute approximate surface area is 130 Å². The van der Waals surface area contributed by atoms with E-state index in [2.05, 4.69) is 53.3 Å². The lowest BCUT2D eigenvalue weighted by Crippen LogP contribution is -2.00. The summed E-state index contributed by atoms with van der Waals surface area (Å²) in [6.07, 6.45) is 2.24. The predicted octanol–water partition coefficient (Wildman–Crippen LogP) is 4.47. The molecule has 2 aromatic rings. The smallest absolute Gasteiger partial charge is 0.305 e. The van der Waals surface area contributed by atoms with Gasteiger partial charge in [0, 0.05) is 17.1 Å². The van der Waals surface area contributed by atoms with E-state index < -0.39 is 0 Å². The minimum Gasteiger partial charge on any atom is -0.469 e. The molecule has 0 aliphatic heterocycles. The van der Waals surface area contributed by atoms with Crippen LogP contribution in [0.3, 0.4) is 0 Å². The molecule has 0 aliphatic carbocycles. The number of methoxy groups -OCH3 is 1. The van der Waals surface area contributed by atoms with Crippen LogP contribution in [0.4, 0.5) is 0 Å². The first-order chi connectivity index (χ1) is 10.3. The highest BCUT2D eigenvalue weighted by Gasteiger charge is 2.01. The maximum atomic E-state index is 11.1. The molecule has 2 rings (SSSR count). The largest absolute Gasteiger partial charge is 0.469 e. The molecule has 0 unspecified atom stereocenters. The number of ether oxygens (including phenoxy) is 1. The van der Waals surface area contributed by atoms with Crippen molar-refractivity contribution < 1.29 is 9.53 Å². The summed E-state index contributed by atoms with van der Waals surface area (Å²) in [6, 6.07) is 19.1. The Bertz CT molecular complexity index is 549. The Morgan fingerprint density at radius 3 is 2.38 bits per heavy atom. The van der Waals surface area contributed by atoms with Gasteiger partial charge in [0.05, 0.1) is 7.11 Å². The van der Waals surface area contributed by atoms with Gasteiger partial charge < -0.3 is 4.74 Å². The zero-order valence-electron chi connectivity index (χ0n) is 12.2. The lowest BCUT2D eigenvalue weighted by atomic mass is 10.1. The summed E-state index contributed by atoms with van der Waals surface area (Å²) in [5, 5.41) is 0. The van der Waals surface area contributed by atoms with Crippen molar-refractivity contribution in [3.05, 3.63) is 65.7 Å². The van der Waals surface area contributed by atoms with Gasteiger partial charge in [-0.2, -0.15) is 0 Å². The molecule has 0 bridgehead atoms. The number of hydrogen-bond donors (Lipinski definition) is 0. The van der Waals surface area contributed by atoms with E-state index in [9.17, 15) is 4.79 Å². The number of carbonyl (C=O) groups is 1. The van der Waals surface area contributed by atoms with E-state index >= 15 is 0 Å². The zero-order valence-corrected chi connectivity index (χ0v) is 13.1. The van der Waals surface area contributed by atoms with Crippen LogP contribution in [0.2, 0.25) is 0 Å². The molecule has 2 aromatic carbocycles. The van der Waals surface area contributed by atoms with E-state index in [-0.39, 0.29) is 5.97 Å². The highest BCUT2D eigenvalue weighted by atomic mass is 32.2. The van der Waals surface area contributed by atoms with E-state index in [0.29, 0.717) is 6.42 Å². The van der Waals surface area contributed by atoms with Crippen LogP contribution in [-0.2, 0) is 21.7 Å². The van der Waals surface area contributed by atoms with Crippen LogP contribution in [-0.4, -0.2) is 13.1 Å². The quantitative estimate of drug-likeness (QED) is 0.557. The van der Waals surface area contributed by atoms with Crippen molar-refractivity contribution >= 4 is 17.7 Å². The summed E-state index contributed by atoms with van der Waals surface area (Å²) >= 11 is 1.84. The van der Waals surface area contributed by atoms with E-state index in [4.69, 9.17) is 0 Å². The molecule has 0 spiro atoms. The summed E-state index contributed by atoms with van der Waals surface area (Å²) in [7, 11) is 1.43. The molecule has 0 heterocycles. The molecular weight excluding hydrogens is 280 g/mol. The monoisotopic (exact) mass is 300 g/mol. The van der Waals surface area contributed by atoms with Gasteiger partial charge in [0.1, 0.15) is 0 Å². The number of hydrogen-bond acceptors (Lipinski definition) is 3. The maximum absolute atomic E-state index is 11.1. The molecule has 0 radical (unpaired) electrons. The van der Waals surface area contributed by atoms with Crippen molar-refractivity contribution in [1.29, 1.82) is 0 Å². The number of benzene rings is 2. The minimum atomic E-state index is -0.134. The van der Waals surface area contributed by atoms with Gasteiger partial charge in [-0.3, -0.25) is 4.79 Å². The van der Waals surface area contributed by atoms with Crippen molar-refractivity contribution in [2.24, 2.45) is 0 Å². The molecule has 0 saturated heterocycles. The zero-order chi connectivity index (χ0) is 14.9. The summed E-state index contributed by atoms with van der Waals surface area (Å²) in [6.45, 7) is 0. The third-order valence-corrected chi connectivity index (χ3v) is 4.33. The van der Waals surface area contributed by atoms with Gasteiger partial charge in [-0.05, 0) is 36.1 Å². The van der Waals surface area contributed by atoms with E-state index in [1.165, 1.54) is 23.1 Å². The number of aryl methyl sites for hydroxylation is 1. The van der Waals surface area contributed by atoms with Crippen LogP contribution in [0.5, 0.6) is 0 Å². The molecule has 0 saturated carbocycles. The van der Waals surface area contributed by atoms with Crippen molar-refractivity contribution in [2.45, 2.75) is 29.9 Å². The average Bonchev–Trinajstić information content (AvgIpc) is 2.55. The molecule has 110 valence electrons. The number of esters is 1. The lowest BCUT2D eigenvalue weighted by Gasteiger charge is -2.04. The van der Waals surface area contributed by atoms with E-state index in [1.807, 2.05) is 17.8 Å². The fourth-order valence-electron chi connectivity index (χ4n) is 2.03. The normalized spacial score (nSPS) is 10.3. The average molecular weight is 300 g/mol. The Morgan fingerprint density at radius 1 is 1.00 bits per heavy atom. The Balaban J connectivity index is 1.78. The van der Waals surface area contributed by atoms with Crippen LogP contribution in [0.15, 0.2) is 59.5 Å². The van der Waals surface area contributed by atoms with E-state index in [0.717, 1.165) is 18.6 Å². The highest BCUT2D eigenvalue weighted by molar-refractivity contribution is 7.98. The molecule has 21 heavy (non-hydrogen) atoms. The van der Waals surface area contributed by atoms with Gasteiger partial charge in [-0.1, -0.05) is 42.5 Å². The van der Waals surface area contributed by atoms with Gasteiger partial charge >= 0.3 is 5.97 Å². The summed E-state index contributed by atoms with van der Waals surface area (Å²) < 4.78 is 4.64. The molecule has 0 atom stereocenters. The molecule has 0 aliphatic rings. The van der Waals surface area contributed by atoms with Crippen LogP contribution in [0.25, 0.3) is 0 Å². The van der Waals surface area contributed by atoms with Crippen molar-refractivity contribution in [1.82, 2.24) is 0 Å². The first-order valence-electron chi connectivity index (χ1n) is 7.10. The molecule has 3 heteroatoms. The van der Waals surface area contributed by atoms with Gasteiger partial charge in [0.15, 0.2) is 0 Å². The van der Waals surface area contributed by atoms with Crippen molar-refractivity contribution in [2.75, 3.05) is 7.11 Å². The topological polar surface area (TPSA) is 26.3 Å². The third-order valence-electron chi connectivity index (χ3n) is 3.25. The number of rotatable bonds is 7. The third kappa shape index (κ3) is 5.64. The second-order valence-electron chi connectivity index (χ2n) is 4.85. The highest BCUT2D eigenvalue weighted by Crippen LogP contribution is 2.23. The summed E-state index contributed by atoms with van der Waals surface area (Å²) in [5.41, 5.74) is 2.60. The fourth-order valence-corrected chi connectivity index (χ4v) is 2.89. The van der Waals surface area contributed by atoms with Crippen LogP contribution in [0, 0.1) is 0 Å². The Morgan fingerprint density at radius 2 is 1.71 bits per heavy atom. The van der Waals surface area contributed by atoms with Gasteiger partial charge in [-0.15, -0.1) is 11.8 Å². The van der Waals surface area contributed by atoms with Crippen LogP contribution >= 0.6 is 11.8 Å². The summed E-state index contributed by atoms with van der Waals surface area (Å²) in [5.74, 6) is 0.854. The SMILES string of the molecule is COC(=O)CCCc1ccc(SCc2ccccc2)cc1. The van der Waals surface area contributed by atoms with E-state index in [1.54, 1.807) is 0 Å². The van der Waals surface area contributed by atoms with Crippen LogP contribution < -0.4 is 0 Å². The predicted molar refractivity (Wildman–Crippen MR) is 87.4 cm³/mol. The number of thioether (sulfide) groups is 1.